The van der Waals surface area contributed by atoms with Gasteiger partial charge in [0, 0.05) is 12.2 Å². The van der Waals surface area contributed by atoms with Crippen LogP contribution in [0.1, 0.15) is 5.56 Å². The normalized spacial score (nSPS) is 12.5. The minimum absolute atomic E-state index is 0.212. The van der Waals surface area contributed by atoms with Crippen LogP contribution in [-0.4, -0.2) is 11.9 Å². The van der Waals surface area contributed by atoms with Crippen molar-refractivity contribution >= 4 is 17.3 Å². The van der Waals surface area contributed by atoms with Crippen LogP contribution in [0, 0.1) is 0 Å². The molecule has 1 heterocycles. The molecule has 3 rings (SSSR count). The number of benzene rings is 2. The fraction of sp³-hybridized carbons (Fsp3) is 0.143. The molecule has 19 heavy (non-hydrogen) atoms. The minimum Gasteiger partial charge on any atom is -0.508 e. The minimum atomic E-state index is 0.212. The molecule has 0 aliphatic carbocycles. The second kappa shape index (κ2) is 4.90. The Morgan fingerprint density at radius 3 is 2.74 bits per heavy atom. The highest BCUT2D eigenvalue weighted by molar-refractivity contribution is 6.32. The Balaban J connectivity index is 1.73. The van der Waals surface area contributed by atoms with Gasteiger partial charge in [-0.1, -0.05) is 11.6 Å². The van der Waals surface area contributed by atoms with Crippen LogP contribution < -0.4 is 14.8 Å². The first kappa shape index (κ1) is 12.0. The molecule has 0 spiro atoms. The van der Waals surface area contributed by atoms with Gasteiger partial charge in [-0.2, -0.15) is 0 Å². The Morgan fingerprint density at radius 1 is 1.16 bits per heavy atom. The number of ether oxygens (including phenoxy) is 2. The van der Waals surface area contributed by atoms with E-state index in [0.29, 0.717) is 23.1 Å². The third-order valence-electron chi connectivity index (χ3n) is 2.85. The molecular formula is C14H12ClNO3. The molecule has 0 unspecified atom stereocenters. The molecule has 0 bridgehead atoms. The highest BCUT2D eigenvalue weighted by Gasteiger charge is 2.17. The average molecular weight is 278 g/mol. The molecule has 0 saturated carbocycles. The maximum atomic E-state index is 9.21. The number of aromatic hydroxyl groups is 1. The highest BCUT2D eigenvalue weighted by Crippen LogP contribution is 2.39. The summed E-state index contributed by atoms with van der Waals surface area (Å²) in [7, 11) is 0. The first-order chi connectivity index (χ1) is 9.22. The number of hydrogen-bond donors (Lipinski definition) is 2. The molecule has 98 valence electrons. The zero-order valence-corrected chi connectivity index (χ0v) is 10.8. The van der Waals surface area contributed by atoms with Crippen LogP contribution in [0.5, 0.6) is 17.2 Å². The first-order valence-corrected chi connectivity index (χ1v) is 6.21. The van der Waals surface area contributed by atoms with E-state index in [1.165, 1.54) is 0 Å². The summed E-state index contributed by atoms with van der Waals surface area (Å²) in [6.45, 7) is 0.824. The summed E-state index contributed by atoms with van der Waals surface area (Å²) in [5, 5.41) is 13.0. The fourth-order valence-electron chi connectivity index (χ4n) is 1.91. The van der Waals surface area contributed by atoms with Crippen LogP contribution in [0.4, 0.5) is 5.69 Å². The molecule has 0 aromatic heterocycles. The fourth-order valence-corrected chi connectivity index (χ4v) is 2.19. The Hall–Kier alpha value is -2.07. The van der Waals surface area contributed by atoms with Gasteiger partial charge in [0.1, 0.15) is 5.75 Å². The predicted molar refractivity (Wildman–Crippen MR) is 73.0 cm³/mol. The van der Waals surface area contributed by atoms with E-state index in [1.807, 2.05) is 24.3 Å². The molecule has 0 atom stereocenters. The quantitative estimate of drug-likeness (QED) is 0.845. The van der Waals surface area contributed by atoms with E-state index in [9.17, 15) is 5.11 Å². The van der Waals surface area contributed by atoms with Crippen molar-refractivity contribution in [1.82, 2.24) is 0 Å². The number of anilines is 1. The molecule has 1 aliphatic rings. The smallest absolute Gasteiger partial charge is 0.231 e. The van der Waals surface area contributed by atoms with Crippen LogP contribution in [0.25, 0.3) is 0 Å². The third kappa shape index (κ3) is 2.53. The molecule has 0 amide bonds. The molecule has 0 radical (unpaired) electrons. The van der Waals surface area contributed by atoms with E-state index in [0.717, 1.165) is 11.3 Å². The second-order valence-corrected chi connectivity index (χ2v) is 4.62. The lowest BCUT2D eigenvalue weighted by atomic mass is 10.2. The SMILES string of the molecule is Oc1ccc(NCc2cc(Cl)c3c(c2)OCO3)cc1. The summed E-state index contributed by atoms with van der Waals surface area (Å²) in [6.07, 6.45) is 0. The molecule has 5 heteroatoms. The second-order valence-electron chi connectivity index (χ2n) is 4.21. The van der Waals surface area contributed by atoms with Gasteiger partial charge in [0.25, 0.3) is 0 Å². The lowest BCUT2D eigenvalue weighted by Gasteiger charge is -2.08. The van der Waals surface area contributed by atoms with Crippen LogP contribution in [0.15, 0.2) is 36.4 Å². The van der Waals surface area contributed by atoms with E-state index in [1.54, 1.807) is 12.1 Å². The van der Waals surface area contributed by atoms with Crippen molar-refractivity contribution in [3.63, 3.8) is 0 Å². The number of phenols is 1. The van der Waals surface area contributed by atoms with Gasteiger partial charge in [-0.3, -0.25) is 0 Å². The van der Waals surface area contributed by atoms with Gasteiger partial charge in [-0.25, -0.2) is 0 Å². The number of hydrogen-bond acceptors (Lipinski definition) is 4. The number of halogens is 1. The zero-order valence-electron chi connectivity index (χ0n) is 10.0. The van der Waals surface area contributed by atoms with Crippen molar-refractivity contribution in [2.24, 2.45) is 0 Å². The van der Waals surface area contributed by atoms with Crippen molar-refractivity contribution in [3.05, 3.63) is 47.0 Å². The van der Waals surface area contributed by atoms with Gasteiger partial charge in [0.2, 0.25) is 6.79 Å². The lowest BCUT2D eigenvalue weighted by molar-refractivity contribution is 0.174. The number of rotatable bonds is 3. The van der Waals surface area contributed by atoms with Gasteiger partial charge < -0.3 is 19.9 Å². The standard InChI is InChI=1S/C14H12ClNO3/c15-12-5-9(6-13-14(12)19-8-18-13)7-16-10-1-3-11(17)4-2-10/h1-6,16-17H,7-8H2. The summed E-state index contributed by atoms with van der Waals surface area (Å²) >= 11 is 6.11. The van der Waals surface area contributed by atoms with Crippen molar-refractivity contribution in [1.29, 1.82) is 0 Å². The summed E-state index contributed by atoms with van der Waals surface area (Å²) < 4.78 is 10.6. The monoisotopic (exact) mass is 277 g/mol. The Kier molecular flexibility index (Phi) is 3.09. The van der Waals surface area contributed by atoms with Crippen LogP contribution in [0.3, 0.4) is 0 Å². The molecule has 4 nitrogen and oxygen atoms in total. The molecular weight excluding hydrogens is 266 g/mol. The van der Waals surface area contributed by atoms with Gasteiger partial charge in [0.05, 0.1) is 5.02 Å². The Morgan fingerprint density at radius 2 is 1.95 bits per heavy atom. The van der Waals surface area contributed by atoms with Crippen molar-refractivity contribution in [2.45, 2.75) is 6.54 Å². The van der Waals surface area contributed by atoms with Gasteiger partial charge in [-0.05, 0) is 42.0 Å². The predicted octanol–water partition coefficient (Wildman–Crippen LogP) is 3.39. The van der Waals surface area contributed by atoms with Crippen LogP contribution in [0.2, 0.25) is 5.02 Å². The van der Waals surface area contributed by atoms with Crippen LogP contribution >= 0.6 is 11.6 Å². The van der Waals surface area contributed by atoms with E-state index >= 15 is 0 Å². The molecule has 2 aromatic carbocycles. The Labute approximate surface area is 115 Å². The highest BCUT2D eigenvalue weighted by atomic mass is 35.5. The van der Waals surface area contributed by atoms with Crippen molar-refractivity contribution < 1.29 is 14.6 Å². The van der Waals surface area contributed by atoms with E-state index in [-0.39, 0.29) is 12.5 Å². The summed E-state index contributed by atoms with van der Waals surface area (Å²) in [5.41, 5.74) is 1.92. The topological polar surface area (TPSA) is 50.7 Å². The van der Waals surface area contributed by atoms with Gasteiger partial charge in [0.15, 0.2) is 11.5 Å². The van der Waals surface area contributed by atoms with Crippen molar-refractivity contribution in [3.8, 4) is 17.2 Å². The largest absolute Gasteiger partial charge is 0.508 e. The summed E-state index contributed by atoms with van der Waals surface area (Å²) in [6, 6.07) is 10.6. The lowest BCUT2D eigenvalue weighted by Crippen LogP contribution is -1.99. The number of phenolic OH excluding ortho intramolecular Hbond substituents is 1. The van der Waals surface area contributed by atoms with Crippen molar-refractivity contribution in [2.75, 3.05) is 12.1 Å². The first-order valence-electron chi connectivity index (χ1n) is 5.83. The molecule has 0 saturated heterocycles. The third-order valence-corrected chi connectivity index (χ3v) is 3.13. The molecule has 1 aliphatic heterocycles. The molecule has 2 N–H and O–H groups in total. The van der Waals surface area contributed by atoms with Gasteiger partial charge >= 0.3 is 0 Å². The summed E-state index contributed by atoms with van der Waals surface area (Å²) in [4.78, 5) is 0. The maximum absolute atomic E-state index is 9.21. The van der Waals surface area contributed by atoms with Crippen LogP contribution in [-0.2, 0) is 6.54 Å². The number of nitrogens with one attached hydrogen (secondary N) is 1. The maximum Gasteiger partial charge on any atom is 0.231 e. The Bertz CT molecular complexity index is 598. The number of fused-ring (bicyclic) bond motifs is 1. The van der Waals surface area contributed by atoms with E-state index in [2.05, 4.69) is 5.32 Å². The summed E-state index contributed by atoms with van der Waals surface area (Å²) in [5.74, 6) is 1.53. The molecule has 2 aromatic rings. The average Bonchev–Trinajstić information content (AvgIpc) is 2.87. The zero-order chi connectivity index (χ0) is 13.2. The molecule has 0 fully saturated rings. The van der Waals surface area contributed by atoms with Gasteiger partial charge in [-0.15, -0.1) is 0 Å². The van der Waals surface area contributed by atoms with E-state index in [4.69, 9.17) is 21.1 Å². The van der Waals surface area contributed by atoms with E-state index < -0.39 is 0 Å².